The third-order valence-electron chi connectivity index (χ3n) is 1.93. The van der Waals surface area contributed by atoms with E-state index in [0.717, 1.165) is 9.13 Å². The van der Waals surface area contributed by atoms with Gasteiger partial charge in [0.25, 0.3) is 0 Å². The van der Waals surface area contributed by atoms with Crippen LogP contribution in [0.3, 0.4) is 0 Å². The van der Waals surface area contributed by atoms with Gasteiger partial charge in [0.1, 0.15) is 0 Å². The van der Waals surface area contributed by atoms with Crippen molar-refractivity contribution in [1.82, 2.24) is 4.98 Å². The Hall–Kier alpha value is -0.590. The Kier molecular flexibility index (Phi) is 3.28. The largest absolute Gasteiger partial charge is 0.439 e. The van der Waals surface area contributed by atoms with E-state index in [2.05, 4.69) is 27.6 Å². The van der Waals surface area contributed by atoms with E-state index in [1.165, 1.54) is 0 Å². The SMILES string of the molecule is NCc1ncc(-c2ccc(I)c(Cl)c2)o1. The molecule has 0 atom stereocenters. The molecule has 0 bridgehead atoms. The zero-order chi connectivity index (χ0) is 10.8. The lowest BCUT2D eigenvalue weighted by Crippen LogP contribution is -1.94. The average Bonchev–Trinajstić information content (AvgIpc) is 2.70. The van der Waals surface area contributed by atoms with Gasteiger partial charge in [-0.2, -0.15) is 0 Å². The number of benzene rings is 1. The van der Waals surface area contributed by atoms with E-state index >= 15 is 0 Å². The maximum atomic E-state index is 6.01. The summed E-state index contributed by atoms with van der Waals surface area (Å²) in [4.78, 5) is 4.03. The predicted octanol–water partition coefficient (Wildman–Crippen LogP) is 3.06. The molecule has 3 nitrogen and oxygen atoms in total. The van der Waals surface area contributed by atoms with Crippen molar-refractivity contribution in [2.45, 2.75) is 6.54 Å². The number of nitrogens with two attached hydrogens (primary N) is 1. The lowest BCUT2D eigenvalue weighted by Gasteiger charge is -1.99. The number of hydrogen-bond acceptors (Lipinski definition) is 3. The molecule has 0 unspecified atom stereocenters. The minimum atomic E-state index is 0.304. The summed E-state index contributed by atoms with van der Waals surface area (Å²) in [6.07, 6.45) is 1.65. The fourth-order valence-corrected chi connectivity index (χ4v) is 1.70. The van der Waals surface area contributed by atoms with Crippen molar-refractivity contribution >= 4 is 34.2 Å². The predicted molar refractivity (Wildman–Crippen MR) is 67.6 cm³/mol. The fraction of sp³-hybridized carbons (Fsp3) is 0.100. The Balaban J connectivity index is 2.40. The monoisotopic (exact) mass is 334 g/mol. The highest BCUT2D eigenvalue weighted by Crippen LogP contribution is 2.26. The molecule has 78 valence electrons. The minimum absolute atomic E-state index is 0.304. The molecular weight excluding hydrogens is 326 g/mol. The van der Waals surface area contributed by atoms with E-state index in [1.807, 2.05) is 18.2 Å². The van der Waals surface area contributed by atoms with Gasteiger partial charge in [-0.3, -0.25) is 0 Å². The van der Waals surface area contributed by atoms with Gasteiger partial charge < -0.3 is 10.2 Å². The normalized spacial score (nSPS) is 10.6. The van der Waals surface area contributed by atoms with E-state index < -0.39 is 0 Å². The summed E-state index contributed by atoms with van der Waals surface area (Å²) in [5.74, 6) is 1.22. The van der Waals surface area contributed by atoms with E-state index in [4.69, 9.17) is 21.8 Å². The second-order valence-corrected chi connectivity index (χ2v) is 4.52. The fourth-order valence-electron chi connectivity index (χ4n) is 1.19. The molecule has 1 aromatic heterocycles. The first-order valence-electron chi connectivity index (χ1n) is 4.31. The number of halogens is 2. The molecule has 0 saturated carbocycles. The van der Waals surface area contributed by atoms with Crippen LogP contribution in [0.2, 0.25) is 5.02 Å². The molecule has 0 amide bonds. The lowest BCUT2D eigenvalue weighted by molar-refractivity contribution is 0.509. The van der Waals surface area contributed by atoms with Gasteiger partial charge in [0.15, 0.2) is 5.76 Å². The Morgan fingerprint density at radius 3 is 2.87 bits per heavy atom. The molecule has 1 aromatic carbocycles. The number of rotatable bonds is 2. The standard InChI is InChI=1S/C10H8ClIN2O/c11-7-3-6(1-2-8(7)12)9-5-14-10(4-13)15-9/h1-3,5H,4,13H2. The first-order valence-corrected chi connectivity index (χ1v) is 5.76. The summed E-state index contributed by atoms with van der Waals surface area (Å²) in [6.45, 7) is 0.304. The van der Waals surface area contributed by atoms with Crippen molar-refractivity contribution in [3.63, 3.8) is 0 Å². The van der Waals surface area contributed by atoms with Crippen molar-refractivity contribution in [2.24, 2.45) is 5.73 Å². The molecule has 1 heterocycles. The highest BCUT2D eigenvalue weighted by molar-refractivity contribution is 14.1. The van der Waals surface area contributed by atoms with Crippen molar-refractivity contribution < 1.29 is 4.42 Å². The zero-order valence-electron chi connectivity index (χ0n) is 7.71. The summed E-state index contributed by atoms with van der Waals surface area (Å²) in [5.41, 5.74) is 6.32. The van der Waals surface area contributed by atoms with Crippen LogP contribution >= 0.6 is 34.2 Å². The van der Waals surface area contributed by atoms with E-state index in [9.17, 15) is 0 Å². The van der Waals surface area contributed by atoms with Crippen LogP contribution in [0.5, 0.6) is 0 Å². The van der Waals surface area contributed by atoms with E-state index in [1.54, 1.807) is 6.20 Å². The molecule has 0 radical (unpaired) electrons. The van der Waals surface area contributed by atoms with Crippen LogP contribution in [0, 0.1) is 3.57 Å². The topological polar surface area (TPSA) is 52.0 Å². The molecule has 0 aliphatic carbocycles. The van der Waals surface area contributed by atoms with Crippen LogP contribution in [0.15, 0.2) is 28.8 Å². The maximum absolute atomic E-state index is 6.01. The van der Waals surface area contributed by atoms with Gasteiger partial charge in [0.2, 0.25) is 5.89 Å². The van der Waals surface area contributed by atoms with Gasteiger partial charge >= 0.3 is 0 Å². The van der Waals surface area contributed by atoms with Crippen molar-refractivity contribution in [2.75, 3.05) is 0 Å². The molecule has 5 heteroatoms. The second kappa shape index (κ2) is 4.51. The van der Waals surface area contributed by atoms with Crippen LogP contribution < -0.4 is 5.73 Å². The summed E-state index contributed by atoms with van der Waals surface area (Å²) in [5, 5.41) is 0.707. The molecule has 0 saturated heterocycles. The molecule has 0 spiro atoms. The molecule has 2 rings (SSSR count). The minimum Gasteiger partial charge on any atom is -0.439 e. The third kappa shape index (κ3) is 2.32. The average molecular weight is 335 g/mol. The molecule has 15 heavy (non-hydrogen) atoms. The van der Waals surface area contributed by atoms with Crippen LogP contribution in [-0.2, 0) is 6.54 Å². The van der Waals surface area contributed by atoms with Crippen molar-refractivity contribution in [3.05, 3.63) is 38.9 Å². The number of oxazole rings is 1. The van der Waals surface area contributed by atoms with Gasteiger partial charge in [-0.05, 0) is 34.7 Å². The molecule has 0 fully saturated rings. The molecule has 2 aromatic rings. The number of hydrogen-bond donors (Lipinski definition) is 1. The number of aromatic nitrogens is 1. The summed E-state index contributed by atoms with van der Waals surface area (Å²) in [6, 6.07) is 5.72. The lowest BCUT2D eigenvalue weighted by atomic mass is 10.2. The summed E-state index contributed by atoms with van der Waals surface area (Å²) < 4.78 is 6.43. The summed E-state index contributed by atoms with van der Waals surface area (Å²) >= 11 is 8.18. The van der Waals surface area contributed by atoms with Crippen LogP contribution in [-0.4, -0.2) is 4.98 Å². The van der Waals surface area contributed by atoms with Gasteiger partial charge in [0.05, 0.1) is 17.8 Å². The molecule has 0 aliphatic rings. The Morgan fingerprint density at radius 1 is 1.47 bits per heavy atom. The van der Waals surface area contributed by atoms with Crippen LogP contribution in [0.25, 0.3) is 11.3 Å². The molecular formula is C10H8ClIN2O. The van der Waals surface area contributed by atoms with Crippen molar-refractivity contribution in [1.29, 1.82) is 0 Å². The van der Waals surface area contributed by atoms with Gasteiger partial charge in [-0.1, -0.05) is 17.7 Å². The first-order chi connectivity index (χ1) is 7.20. The second-order valence-electron chi connectivity index (χ2n) is 2.95. The molecule has 0 aliphatic heterocycles. The van der Waals surface area contributed by atoms with E-state index in [0.29, 0.717) is 23.2 Å². The molecule has 2 N–H and O–H groups in total. The van der Waals surface area contributed by atoms with Gasteiger partial charge in [0, 0.05) is 9.13 Å². The third-order valence-corrected chi connectivity index (χ3v) is 3.50. The van der Waals surface area contributed by atoms with E-state index in [-0.39, 0.29) is 0 Å². The zero-order valence-corrected chi connectivity index (χ0v) is 10.6. The number of nitrogens with zero attached hydrogens (tertiary/aromatic N) is 1. The highest BCUT2D eigenvalue weighted by Gasteiger charge is 2.06. The Morgan fingerprint density at radius 2 is 2.27 bits per heavy atom. The summed E-state index contributed by atoms with van der Waals surface area (Å²) in [7, 11) is 0. The Labute approximate surface area is 106 Å². The van der Waals surface area contributed by atoms with Crippen LogP contribution in [0.1, 0.15) is 5.89 Å². The quantitative estimate of drug-likeness (QED) is 0.859. The highest BCUT2D eigenvalue weighted by atomic mass is 127. The first kappa shape index (κ1) is 10.9. The maximum Gasteiger partial charge on any atom is 0.208 e. The van der Waals surface area contributed by atoms with Crippen LogP contribution in [0.4, 0.5) is 0 Å². The van der Waals surface area contributed by atoms with Gasteiger partial charge in [-0.15, -0.1) is 0 Å². The Bertz CT molecular complexity index is 484. The van der Waals surface area contributed by atoms with Crippen molar-refractivity contribution in [3.8, 4) is 11.3 Å². The van der Waals surface area contributed by atoms with Gasteiger partial charge in [-0.25, -0.2) is 4.98 Å². The smallest absolute Gasteiger partial charge is 0.208 e.